The van der Waals surface area contributed by atoms with Crippen molar-refractivity contribution in [2.45, 2.75) is 6.42 Å². The minimum atomic E-state index is 0.414. The number of rotatable bonds is 4. The smallest absolute Gasteiger partial charge is 0.262 e. The molecule has 0 aliphatic heterocycles. The van der Waals surface area contributed by atoms with Gasteiger partial charge in [0.2, 0.25) is 0 Å². The molecule has 0 unspecified atom stereocenters. The Hall–Kier alpha value is -1.87. The van der Waals surface area contributed by atoms with Crippen molar-refractivity contribution in [3.05, 3.63) is 66.2 Å². The van der Waals surface area contributed by atoms with Crippen molar-refractivity contribution in [3.63, 3.8) is 0 Å². The van der Waals surface area contributed by atoms with Gasteiger partial charge >= 0.3 is 0 Å². The first kappa shape index (κ1) is 12.6. The fraction of sp³-hybridized carbons (Fsp3) is 0.133. The molecule has 0 aromatic heterocycles. The van der Waals surface area contributed by atoms with E-state index >= 15 is 0 Å². The number of ether oxygens (including phenoxy) is 1. The highest BCUT2D eigenvalue weighted by molar-refractivity contribution is 7.80. The minimum Gasteiger partial charge on any atom is -0.432 e. The topological polar surface area (TPSA) is 21.3 Å². The molecule has 2 nitrogen and oxygen atoms in total. The standard InChI is InChI=1S/C15H15NOS/c18-15(17-14-9-5-2-6-10-14)16-12-11-13-7-3-1-4-8-13/h1-10H,11-12H2,(H,16,18). The summed E-state index contributed by atoms with van der Waals surface area (Å²) < 4.78 is 5.47. The summed E-state index contributed by atoms with van der Waals surface area (Å²) in [5.41, 5.74) is 1.28. The molecular formula is C15H15NOS. The molecule has 2 aromatic rings. The van der Waals surface area contributed by atoms with Crippen LogP contribution >= 0.6 is 12.2 Å². The number of para-hydroxylation sites is 1. The van der Waals surface area contributed by atoms with E-state index in [1.165, 1.54) is 5.56 Å². The lowest BCUT2D eigenvalue weighted by molar-refractivity contribution is 0.532. The average Bonchev–Trinajstić information content (AvgIpc) is 2.41. The quantitative estimate of drug-likeness (QED) is 0.850. The van der Waals surface area contributed by atoms with Crippen LogP contribution in [0.3, 0.4) is 0 Å². The van der Waals surface area contributed by atoms with E-state index in [0.717, 1.165) is 18.7 Å². The summed E-state index contributed by atoms with van der Waals surface area (Å²) in [6, 6.07) is 19.8. The Morgan fingerprint density at radius 2 is 1.56 bits per heavy atom. The van der Waals surface area contributed by atoms with E-state index < -0.39 is 0 Å². The van der Waals surface area contributed by atoms with Gasteiger partial charge in [-0.1, -0.05) is 48.5 Å². The predicted octanol–water partition coefficient (Wildman–Crippen LogP) is 3.18. The highest BCUT2D eigenvalue weighted by Crippen LogP contribution is 2.08. The van der Waals surface area contributed by atoms with Gasteiger partial charge in [0, 0.05) is 6.54 Å². The fourth-order valence-corrected chi connectivity index (χ4v) is 1.78. The normalized spacial score (nSPS) is 9.78. The molecule has 0 aliphatic rings. The van der Waals surface area contributed by atoms with Crippen LogP contribution < -0.4 is 10.1 Å². The Balaban J connectivity index is 1.73. The molecule has 1 N–H and O–H groups in total. The van der Waals surface area contributed by atoms with Crippen molar-refractivity contribution in [1.29, 1.82) is 0 Å². The number of nitrogens with one attached hydrogen (secondary N) is 1. The predicted molar refractivity (Wildman–Crippen MR) is 77.8 cm³/mol. The number of hydrogen-bond donors (Lipinski definition) is 1. The molecule has 0 saturated heterocycles. The second kappa shape index (κ2) is 6.77. The summed E-state index contributed by atoms with van der Waals surface area (Å²) in [4.78, 5) is 0. The molecule has 18 heavy (non-hydrogen) atoms. The Morgan fingerprint density at radius 1 is 0.944 bits per heavy atom. The average molecular weight is 257 g/mol. The zero-order valence-electron chi connectivity index (χ0n) is 10.0. The highest BCUT2D eigenvalue weighted by Gasteiger charge is 1.98. The second-order valence-electron chi connectivity index (χ2n) is 3.86. The van der Waals surface area contributed by atoms with Gasteiger partial charge in [-0.15, -0.1) is 0 Å². The zero-order chi connectivity index (χ0) is 12.6. The van der Waals surface area contributed by atoms with Crippen LogP contribution in [-0.4, -0.2) is 11.7 Å². The number of benzene rings is 2. The number of hydrogen-bond acceptors (Lipinski definition) is 2. The van der Waals surface area contributed by atoms with Gasteiger partial charge in [-0.25, -0.2) is 0 Å². The fourth-order valence-electron chi connectivity index (χ4n) is 1.59. The maximum Gasteiger partial charge on any atom is 0.262 e. The Kier molecular flexibility index (Phi) is 4.73. The van der Waals surface area contributed by atoms with E-state index in [2.05, 4.69) is 17.4 Å². The minimum absolute atomic E-state index is 0.414. The highest BCUT2D eigenvalue weighted by atomic mass is 32.1. The van der Waals surface area contributed by atoms with Gasteiger partial charge in [-0.05, 0) is 36.3 Å². The van der Waals surface area contributed by atoms with E-state index in [1.807, 2.05) is 48.5 Å². The monoisotopic (exact) mass is 257 g/mol. The molecule has 0 radical (unpaired) electrons. The van der Waals surface area contributed by atoms with Crippen LogP contribution in [0, 0.1) is 0 Å². The van der Waals surface area contributed by atoms with Gasteiger partial charge in [0.25, 0.3) is 5.17 Å². The van der Waals surface area contributed by atoms with Crippen LogP contribution in [0.1, 0.15) is 5.56 Å². The van der Waals surface area contributed by atoms with E-state index in [4.69, 9.17) is 17.0 Å². The molecule has 2 rings (SSSR count). The largest absolute Gasteiger partial charge is 0.432 e. The molecule has 0 heterocycles. The molecule has 0 aliphatic carbocycles. The Bertz CT molecular complexity index is 484. The molecule has 3 heteroatoms. The molecular weight excluding hydrogens is 242 g/mol. The molecule has 2 aromatic carbocycles. The summed E-state index contributed by atoms with van der Waals surface area (Å²) in [5.74, 6) is 0.759. The maximum absolute atomic E-state index is 5.47. The summed E-state index contributed by atoms with van der Waals surface area (Å²) in [6.45, 7) is 0.773. The summed E-state index contributed by atoms with van der Waals surface area (Å²) >= 11 is 5.12. The molecule has 0 saturated carbocycles. The van der Waals surface area contributed by atoms with Crippen LogP contribution in [0.5, 0.6) is 5.75 Å². The zero-order valence-corrected chi connectivity index (χ0v) is 10.8. The van der Waals surface area contributed by atoms with Crippen LogP contribution in [-0.2, 0) is 6.42 Å². The first-order valence-electron chi connectivity index (χ1n) is 5.89. The Labute approximate surface area is 113 Å². The molecule has 0 spiro atoms. The number of thiocarbonyl (C=S) groups is 1. The van der Waals surface area contributed by atoms with Crippen molar-refractivity contribution < 1.29 is 4.74 Å². The van der Waals surface area contributed by atoms with Crippen LogP contribution in [0.2, 0.25) is 0 Å². The second-order valence-corrected chi connectivity index (χ2v) is 4.24. The van der Waals surface area contributed by atoms with Crippen molar-refractivity contribution in [2.75, 3.05) is 6.54 Å². The van der Waals surface area contributed by atoms with Crippen molar-refractivity contribution in [2.24, 2.45) is 0 Å². The first-order chi connectivity index (χ1) is 8.84. The summed E-state index contributed by atoms with van der Waals surface area (Å²) in [7, 11) is 0. The van der Waals surface area contributed by atoms with E-state index in [-0.39, 0.29) is 0 Å². The van der Waals surface area contributed by atoms with Gasteiger partial charge in [0.1, 0.15) is 5.75 Å². The van der Waals surface area contributed by atoms with E-state index in [1.54, 1.807) is 0 Å². The van der Waals surface area contributed by atoms with Crippen LogP contribution in [0.15, 0.2) is 60.7 Å². The molecule has 0 fully saturated rings. The van der Waals surface area contributed by atoms with Crippen molar-refractivity contribution in [1.82, 2.24) is 5.32 Å². The third kappa shape index (κ3) is 4.18. The van der Waals surface area contributed by atoms with Gasteiger partial charge in [0.15, 0.2) is 0 Å². The first-order valence-corrected chi connectivity index (χ1v) is 6.30. The lowest BCUT2D eigenvalue weighted by Gasteiger charge is -2.09. The summed E-state index contributed by atoms with van der Waals surface area (Å²) in [6.07, 6.45) is 0.930. The van der Waals surface area contributed by atoms with Crippen LogP contribution in [0.4, 0.5) is 0 Å². The SMILES string of the molecule is S=C(NCCc1ccccc1)Oc1ccccc1. The van der Waals surface area contributed by atoms with Gasteiger partial charge in [0.05, 0.1) is 0 Å². The third-order valence-electron chi connectivity index (χ3n) is 2.48. The molecule has 0 amide bonds. The van der Waals surface area contributed by atoms with Crippen molar-refractivity contribution in [3.8, 4) is 5.75 Å². The Morgan fingerprint density at radius 3 is 2.22 bits per heavy atom. The molecule has 92 valence electrons. The lowest BCUT2D eigenvalue weighted by atomic mass is 10.2. The molecule has 0 atom stereocenters. The van der Waals surface area contributed by atoms with Gasteiger partial charge in [-0.3, -0.25) is 0 Å². The van der Waals surface area contributed by atoms with Crippen LogP contribution in [0.25, 0.3) is 0 Å². The van der Waals surface area contributed by atoms with Gasteiger partial charge < -0.3 is 10.1 Å². The molecule has 0 bridgehead atoms. The lowest BCUT2D eigenvalue weighted by Crippen LogP contribution is -2.28. The van der Waals surface area contributed by atoms with Gasteiger partial charge in [-0.2, -0.15) is 0 Å². The van der Waals surface area contributed by atoms with Crippen molar-refractivity contribution >= 4 is 17.4 Å². The maximum atomic E-state index is 5.47. The summed E-state index contributed by atoms with van der Waals surface area (Å²) in [5, 5.41) is 3.50. The van der Waals surface area contributed by atoms with E-state index in [9.17, 15) is 0 Å². The van der Waals surface area contributed by atoms with E-state index in [0.29, 0.717) is 5.17 Å². The third-order valence-corrected chi connectivity index (χ3v) is 2.71.